The van der Waals surface area contributed by atoms with Gasteiger partial charge >= 0.3 is 0 Å². The van der Waals surface area contributed by atoms with Gasteiger partial charge in [0.1, 0.15) is 4.83 Å². The van der Waals surface area contributed by atoms with E-state index >= 15 is 0 Å². The Morgan fingerprint density at radius 3 is 2.56 bits per heavy atom. The van der Waals surface area contributed by atoms with E-state index in [-0.39, 0.29) is 5.56 Å². The quantitative estimate of drug-likeness (QED) is 0.414. The Hall–Kier alpha value is -1.59. The molecule has 2 aromatic heterocycles. The van der Waals surface area contributed by atoms with Crippen LogP contribution in [0.5, 0.6) is 0 Å². The van der Waals surface area contributed by atoms with Crippen LogP contribution in [0.1, 0.15) is 43.2 Å². The lowest BCUT2D eigenvalue weighted by Crippen LogP contribution is -2.27. The summed E-state index contributed by atoms with van der Waals surface area (Å²) in [6, 6.07) is 8.12. The van der Waals surface area contributed by atoms with Crippen molar-refractivity contribution in [3.8, 4) is 5.69 Å². The van der Waals surface area contributed by atoms with Crippen molar-refractivity contribution in [2.24, 2.45) is 11.3 Å². The highest BCUT2D eigenvalue weighted by molar-refractivity contribution is 7.98. The van der Waals surface area contributed by atoms with Crippen LogP contribution in [0.4, 0.5) is 0 Å². The molecule has 0 spiro atoms. The summed E-state index contributed by atoms with van der Waals surface area (Å²) in [4.78, 5) is 20.7. The first kappa shape index (κ1) is 18.8. The minimum atomic E-state index is 0.0833. The third-order valence-corrected chi connectivity index (χ3v) is 7.54. The van der Waals surface area contributed by atoms with E-state index in [1.54, 1.807) is 15.9 Å². The summed E-state index contributed by atoms with van der Waals surface area (Å²) in [6.45, 7) is 9.03. The van der Waals surface area contributed by atoms with Crippen molar-refractivity contribution >= 4 is 33.3 Å². The van der Waals surface area contributed by atoms with Gasteiger partial charge in [-0.2, -0.15) is 0 Å². The van der Waals surface area contributed by atoms with Gasteiger partial charge in [-0.3, -0.25) is 9.36 Å². The molecular weight excluding hydrogens is 372 g/mol. The van der Waals surface area contributed by atoms with Crippen molar-refractivity contribution < 1.29 is 0 Å². The van der Waals surface area contributed by atoms with Crippen LogP contribution in [0.2, 0.25) is 0 Å². The largest absolute Gasteiger partial charge is 0.268 e. The van der Waals surface area contributed by atoms with Crippen LogP contribution in [-0.2, 0) is 12.8 Å². The first-order chi connectivity index (χ1) is 12.8. The lowest BCUT2D eigenvalue weighted by molar-refractivity contribution is 0.218. The number of benzene rings is 1. The van der Waals surface area contributed by atoms with E-state index in [2.05, 4.69) is 27.7 Å². The monoisotopic (exact) mass is 398 g/mol. The third-order valence-electron chi connectivity index (χ3n) is 5.75. The van der Waals surface area contributed by atoms with Crippen molar-refractivity contribution in [3.63, 3.8) is 0 Å². The molecule has 0 bridgehead atoms. The highest BCUT2D eigenvalue weighted by Gasteiger charge is 2.32. The fourth-order valence-electron chi connectivity index (χ4n) is 4.00. The Balaban J connectivity index is 1.91. The summed E-state index contributed by atoms with van der Waals surface area (Å²) in [6.07, 6.45) is 5.19. The summed E-state index contributed by atoms with van der Waals surface area (Å²) < 4.78 is 1.79. The van der Waals surface area contributed by atoms with Crippen LogP contribution in [-0.4, -0.2) is 15.8 Å². The van der Waals surface area contributed by atoms with Gasteiger partial charge in [0.2, 0.25) is 0 Å². The molecule has 0 radical (unpaired) electrons. The number of nitrogens with zero attached hydrogens (tertiary/aromatic N) is 2. The molecule has 3 nitrogen and oxygen atoms in total. The van der Waals surface area contributed by atoms with E-state index in [1.165, 1.54) is 27.8 Å². The first-order valence-corrected chi connectivity index (χ1v) is 11.5. The number of hydrogen-bond acceptors (Lipinski definition) is 4. The van der Waals surface area contributed by atoms with Crippen molar-refractivity contribution in [1.82, 2.24) is 9.55 Å². The average Bonchev–Trinajstić information content (AvgIpc) is 2.99. The van der Waals surface area contributed by atoms with Crippen molar-refractivity contribution in [2.45, 2.75) is 52.1 Å². The van der Waals surface area contributed by atoms with E-state index in [4.69, 9.17) is 4.98 Å². The lowest BCUT2D eigenvalue weighted by atomic mass is 9.72. The number of fused-ring (bicyclic) bond motifs is 3. The van der Waals surface area contributed by atoms with E-state index in [1.807, 2.05) is 30.5 Å². The minimum absolute atomic E-state index is 0.0833. The predicted molar refractivity (Wildman–Crippen MR) is 117 cm³/mol. The second-order valence-corrected chi connectivity index (χ2v) is 10.4. The van der Waals surface area contributed by atoms with Gasteiger partial charge in [0.25, 0.3) is 5.56 Å². The molecule has 3 aromatic rings. The molecule has 142 valence electrons. The molecule has 2 heterocycles. The number of thioether (sulfide) groups is 1. The zero-order valence-corrected chi connectivity index (χ0v) is 18.3. The Kier molecular flexibility index (Phi) is 4.71. The van der Waals surface area contributed by atoms with Gasteiger partial charge in [-0.15, -0.1) is 11.3 Å². The van der Waals surface area contributed by atoms with Crippen molar-refractivity contribution in [3.05, 3.63) is 50.6 Å². The highest BCUT2D eigenvalue weighted by Crippen LogP contribution is 2.42. The molecule has 1 atom stereocenters. The van der Waals surface area contributed by atoms with Gasteiger partial charge in [0.15, 0.2) is 5.16 Å². The molecule has 4 rings (SSSR count). The number of rotatable bonds is 2. The van der Waals surface area contributed by atoms with Gasteiger partial charge in [0.05, 0.1) is 11.1 Å². The van der Waals surface area contributed by atoms with E-state index in [9.17, 15) is 4.79 Å². The molecule has 0 saturated carbocycles. The molecule has 1 aliphatic rings. The number of aromatic nitrogens is 2. The molecule has 0 unspecified atom stereocenters. The van der Waals surface area contributed by atoms with Crippen molar-refractivity contribution in [2.75, 3.05) is 6.26 Å². The molecule has 1 aromatic carbocycles. The molecule has 1 aliphatic carbocycles. The lowest BCUT2D eigenvalue weighted by Gasteiger charge is -2.33. The molecule has 0 saturated heterocycles. The molecular formula is C22H26N2OS2. The van der Waals surface area contributed by atoms with Gasteiger partial charge in [-0.05, 0) is 61.5 Å². The standard InChI is InChI=1S/C22H26N2OS2/c1-13-6-9-15(10-7-13)24-20(25)18-16-11-8-14(22(2,3)4)12-17(16)27-19(18)23-21(24)26-5/h6-7,9-10,14H,8,11-12H2,1-5H3/t14-/m1/s1. The van der Waals surface area contributed by atoms with Crippen LogP contribution in [0, 0.1) is 18.3 Å². The minimum Gasteiger partial charge on any atom is -0.268 e. The van der Waals surface area contributed by atoms with Crippen LogP contribution in [0.15, 0.2) is 34.2 Å². The molecule has 27 heavy (non-hydrogen) atoms. The van der Waals surface area contributed by atoms with Crippen molar-refractivity contribution in [1.29, 1.82) is 0 Å². The Labute approximate surface area is 168 Å². The summed E-state index contributed by atoms with van der Waals surface area (Å²) >= 11 is 3.26. The van der Waals surface area contributed by atoms with Gasteiger partial charge in [0, 0.05) is 4.88 Å². The van der Waals surface area contributed by atoms with Gasteiger partial charge in [-0.25, -0.2) is 4.98 Å². The molecule has 5 heteroatoms. The summed E-state index contributed by atoms with van der Waals surface area (Å²) in [5, 5.41) is 1.61. The van der Waals surface area contributed by atoms with Gasteiger partial charge in [-0.1, -0.05) is 50.2 Å². The predicted octanol–water partition coefficient (Wildman–Crippen LogP) is 5.63. The third kappa shape index (κ3) is 3.25. The highest BCUT2D eigenvalue weighted by atomic mass is 32.2. The van der Waals surface area contributed by atoms with Crippen LogP contribution in [0.3, 0.4) is 0 Å². The molecule has 0 N–H and O–H groups in total. The maximum Gasteiger partial charge on any atom is 0.267 e. The molecule has 0 amide bonds. The summed E-state index contributed by atoms with van der Waals surface area (Å²) in [5.74, 6) is 0.664. The van der Waals surface area contributed by atoms with E-state index < -0.39 is 0 Å². The maximum absolute atomic E-state index is 13.5. The number of thiophene rings is 1. The second-order valence-electron chi connectivity index (χ2n) is 8.56. The summed E-state index contributed by atoms with van der Waals surface area (Å²) in [7, 11) is 0. The van der Waals surface area contributed by atoms with Crippen LogP contribution < -0.4 is 5.56 Å². The Morgan fingerprint density at radius 2 is 1.93 bits per heavy atom. The van der Waals surface area contributed by atoms with Crippen LogP contribution >= 0.6 is 23.1 Å². The van der Waals surface area contributed by atoms with E-state index in [0.717, 1.165) is 40.3 Å². The first-order valence-electron chi connectivity index (χ1n) is 9.48. The topological polar surface area (TPSA) is 34.9 Å². The zero-order chi connectivity index (χ0) is 19.3. The molecule has 0 fully saturated rings. The fraction of sp³-hybridized carbons (Fsp3) is 0.455. The van der Waals surface area contributed by atoms with Gasteiger partial charge < -0.3 is 0 Å². The number of aryl methyl sites for hydroxylation is 2. The van der Waals surface area contributed by atoms with Crippen LogP contribution in [0.25, 0.3) is 15.9 Å². The maximum atomic E-state index is 13.5. The number of hydrogen-bond donors (Lipinski definition) is 0. The fourth-order valence-corrected chi connectivity index (χ4v) is 5.91. The average molecular weight is 399 g/mol. The van der Waals surface area contributed by atoms with E-state index in [0.29, 0.717) is 11.3 Å². The SMILES string of the molecule is CSc1nc2sc3c(c2c(=O)n1-c1ccc(C)cc1)CC[C@@H](C(C)(C)C)C3. The normalized spacial score (nSPS) is 17.3. The smallest absolute Gasteiger partial charge is 0.267 e. The molecule has 0 aliphatic heterocycles. The zero-order valence-electron chi connectivity index (χ0n) is 16.6. The Bertz CT molecular complexity index is 1060. The second kappa shape index (κ2) is 6.78. The Morgan fingerprint density at radius 1 is 1.22 bits per heavy atom. The summed E-state index contributed by atoms with van der Waals surface area (Å²) in [5.41, 5.74) is 3.72.